The Balaban J connectivity index is 0. The first-order chi connectivity index (χ1) is 9.90. The van der Waals surface area contributed by atoms with Gasteiger partial charge in [0.25, 0.3) is 0 Å². The summed E-state index contributed by atoms with van der Waals surface area (Å²) in [5.41, 5.74) is -2.74. The minimum absolute atomic E-state index is 0.563. The quantitative estimate of drug-likeness (QED) is 0.269. The van der Waals surface area contributed by atoms with E-state index in [4.69, 9.17) is 30.6 Å². The highest BCUT2D eigenvalue weighted by molar-refractivity contribution is 5.88. The van der Waals surface area contributed by atoms with E-state index in [-0.39, 0.29) is 0 Å². The number of hydrogen-bond donors (Lipinski definition) is 6. The van der Waals surface area contributed by atoms with E-state index in [0.29, 0.717) is 0 Å². The molecule has 126 valence electrons. The summed E-state index contributed by atoms with van der Waals surface area (Å²) in [5.74, 6) is -7.36. The zero-order valence-corrected chi connectivity index (χ0v) is 11.0. The van der Waals surface area contributed by atoms with Crippen LogP contribution in [-0.2, 0) is 28.7 Å². The van der Waals surface area contributed by atoms with E-state index in [2.05, 4.69) is 4.74 Å². The molecule has 0 saturated carbocycles. The van der Waals surface area contributed by atoms with E-state index in [1.165, 1.54) is 0 Å². The Morgan fingerprint density at radius 2 is 1.00 bits per heavy atom. The summed E-state index contributed by atoms with van der Waals surface area (Å²) in [6.45, 7) is -1.13. The summed E-state index contributed by atoms with van der Waals surface area (Å²) >= 11 is 0. The summed E-state index contributed by atoms with van der Waals surface area (Å²) in [6, 6.07) is 0. The first kappa shape index (κ1) is 21.6. The fraction of sp³-hybridized carbons (Fsp3) is 0.500. The molecule has 0 aliphatic rings. The maximum absolute atomic E-state index is 10.3. The lowest BCUT2D eigenvalue weighted by Crippen LogP contribution is -2.42. The third-order valence-corrected chi connectivity index (χ3v) is 1.74. The van der Waals surface area contributed by atoms with Gasteiger partial charge in [-0.25, -0.2) is 14.4 Å². The van der Waals surface area contributed by atoms with Crippen molar-refractivity contribution >= 4 is 29.8 Å². The molecule has 0 spiro atoms. The first-order valence-corrected chi connectivity index (χ1v) is 5.31. The van der Waals surface area contributed by atoms with Crippen LogP contribution >= 0.6 is 0 Å². The molecule has 0 aromatic rings. The van der Waals surface area contributed by atoms with Crippen LogP contribution in [0.1, 0.15) is 12.8 Å². The van der Waals surface area contributed by atoms with Crippen LogP contribution in [0.5, 0.6) is 0 Å². The molecule has 12 nitrogen and oxygen atoms in total. The minimum atomic E-state index is -2.74. The third kappa shape index (κ3) is 12.3. The number of aliphatic carboxylic acids is 5. The lowest BCUT2D eigenvalue weighted by Gasteiger charge is -2.18. The Labute approximate surface area is 122 Å². The molecule has 0 aliphatic heterocycles. The van der Waals surface area contributed by atoms with Gasteiger partial charge in [0.15, 0.2) is 5.60 Å². The SMILES string of the molecule is O=C(O)CC(O)(CC(=O)O)C(=O)O.O=C(O)COCC(=O)O. The molecular weight excluding hydrogens is 312 g/mol. The Hall–Kier alpha value is -2.73. The molecule has 0 radical (unpaired) electrons. The van der Waals surface area contributed by atoms with Crippen molar-refractivity contribution in [3.63, 3.8) is 0 Å². The average Bonchev–Trinajstić information content (AvgIpc) is 2.25. The third-order valence-electron chi connectivity index (χ3n) is 1.74. The van der Waals surface area contributed by atoms with Crippen molar-refractivity contribution in [2.75, 3.05) is 13.2 Å². The van der Waals surface area contributed by atoms with Crippen molar-refractivity contribution in [2.24, 2.45) is 0 Å². The van der Waals surface area contributed by atoms with Gasteiger partial charge in [-0.15, -0.1) is 0 Å². The summed E-state index contributed by atoms with van der Waals surface area (Å²) in [6.07, 6.45) is -2.29. The van der Waals surface area contributed by atoms with Crippen molar-refractivity contribution in [3.05, 3.63) is 0 Å². The molecule has 0 heterocycles. The van der Waals surface area contributed by atoms with E-state index >= 15 is 0 Å². The molecule has 0 aromatic heterocycles. The Morgan fingerprint density at radius 3 is 1.18 bits per heavy atom. The second kappa shape index (κ2) is 10.1. The Kier molecular flexibility index (Phi) is 9.86. The second-order valence-corrected chi connectivity index (χ2v) is 3.76. The standard InChI is InChI=1S/C6H8O7.C4H6O5/c7-3(8)1-6(13,5(11)12)2-4(9)10;5-3(6)1-9-2-4(7)8/h13H,1-2H2,(H,7,8)(H,9,10)(H,11,12);1-2H2,(H,5,6)(H,7,8). The topological polar surface area (TPSA) is 216 Å². The van der Waals surface area contributed by atoms with Crippen LogP contribution in [-0.4, -0.2) is 79.3 Å². The number of carboxylic acids is 5. The largest absolute Gasteiger partial charge is 0.481 e. The van der Waals surface area contributed by atoms with E-state index in [1.54, 1.807) is 0 Å². The van der Waals surface area contributed by atoms with E-state index in [1.807, 2.05) is 0 Å². The van der Waals surface area contributed by atoms with Crippen LogP contribution in [0, 0.1) is 0 Å². The van der Waals surface area contributed by atoms with Crippen LogP contribution in [0.3, 0.4) is 0 Å². The molecule has 0 aromatic carbocycles. The molecule has 0 aliphatic carbocycles. The summed E-state index contributed by atoms with van der Waals surface area (Å²) in [4.78, 5) is 49.8. The molecule has 6 N–H and O–H groups in total. The maximum atomic E-state index is 10.3. The lowest BCUT2D eigenvalue weighted by molar-refractivity contribution is -0.170. The number of hydrogen-bond acceptors (Lipinski definition) is 7. The van der Waals surface area contributed by atoms with Gasteiger partial charge in [0, 0.05) is 0 Å². The molecular formula is C10H14O12. The smallest absolute Gasteiger partial charge is 0.336 e. The normalized spacial score (nSPS) is 10.0. The molecule has 0 amide bonds. The highest BCUT2D eigenvalue weighted by Gasteiger charge is 2.40. The van der Waals surface area contributed by atoms with Crippen molar-refractivity contribution < 1.29 is 59.3 Å². The van der Waals surface area contributed by atoms with Gasteiger partial charge in [0.2, 0.25) is 0 Å². The number of carboxylic acid groups (broad SMARTS) is 5. The number of aliphatic hydroxyl groups is 1. The zero-order valence-electron chi connectivity index (χ0n) is 11.0. The van der Waals surface area contributed by atoms with Crippen LogP contribution in [0.2, 0.25) is 0 Å². The predicted molar refractivity (Wildman–Crippen MR) is 63.2 cm³/mol. The van der Waals surface area contributed by atoms with Gasteiger partial charge in [-0.05, 0) is 0 Å². The van der Waals surface area contributed by atoms with Crippen LogP contribution < -0.4 is 0 Å². The van der Waals surface area contributed by atoms with Gasteiger partial charge in [0.1, 0.15) is 13.2 Å². The second-order valence-electron chi connectivity index (χ2n) is 3.76. The molecule has 0 bridgehead atoms. The predicted octanol–water partition coefficient (Wildman–Crippen LogP) is -2.08. The molecule has 0 saturated heterocycles. The molecule has 22 heavy (non-hydrogen) atoms. The van der Waals surface area contributed by atoms with Crippen LogP contribution in [0.4, 0.5) is 0 Å². The lowest BCUT2D eigenvalue weighted by atomic mass is 9.96. The average molecular weight is 326 g/mol. The number of carbonyl (C=O) groups is 5. The van der Waals surface area contributed by atoms with Gasteiger partial charge in [-0.2, -0.15) is 0 Å². The fourth-order valence-corrected chi connectivity index (χ4v) is 0.940. The number of ether oxygens (including phenoxy) is 1. The minimum Gasteiger partial charge on any atom is -0.481 e. The maximum Gasteiger partial charge on any atom is 0.336 e. The van der Waals surface area contributed by atoms with Crippen molar-refractivity contribution in [1.82, 2.24) is 0 Å². The van der Waals surface area contributed by atoms with Crippen molar-refractivity contribution in [1.29, 1.82) is 0 Å². The van der Waals surface area contributed by atoms with E-state index in [9.17, 15) is 24.0 Å². The molecule has 0 rings (SSSR count). The summed E-state index contributed by atoms with van der Waals surface area (Å²) in [7, 11) is 0. The van der Waals surface area contributed by atoms with E-state index < -0.39 is 61.5 Å². The number of rotatable bonds is 9. The molecule has 0 fully saturated rings. The molecule has 0 atom stereocenters. The van der Waals surface area contributed by atoms with E-state index in [0.717, 1.165) is 0 Å². The Morgan fingerprint density at radius 1 is 0.682 bits per heavy atom. The highest BCUT2D eigenvalue weighted by atomic mass is 16.5. The first-order valence-electron chi connectivity index (χ1n) is 5.31. The van der Waals surface area contributed by atoms with Crippen molar-refractivity contribution in [2.45, 2.75) is 18.4 Å². The molecule has 0 unspecified atom stereocenters. The van der Waals surface area contributed by atoms with Gasteiger partial charge in [-0.3, -0.25) is 9.59 Å². The fourth-order valence-electron chi connectivity index (χ4n) is 0.940. The Bertz CT molecular complexity index is 409. The van der Waals surface area contributed by atoms with Gasteiger partial charge in [0.05, 0.1) is 12.8 Å². The zero-order chi connectivity index (χ0) is 17.9. The van der Waals surface area contributed by atoms with Crippen LogP contribution in [0.25, 0.3) is 0 Å². The van der Waals surface area contributed by atoms with Gasteiger partial charge >= 0.3 is 29.8 Å². The van der Waals surface area contributed by atoms with Gasteiger partial charge < -0.3 is 35.4 Å². The van der Waals surface area contributed by atoms with Crippen LogP contribution in [0.15, 0.2) is 0 Å². The summed E-state index contributed by atoms with van der Waals surface area (Å²) in [5, 5.41) is 49.6. The highest BCUT2D eigenvalue weighted by Crippen LogP contribution is 2.15. The summed E-state index contributed by atoms with van der Waals surface area (Å²) < 4.78 is 4.16. The monoisotopic (exact) mass is 326 g/mol. The van der Waals surface area contributed by atoms with Gasteiger partial charge in [-0.1, -0.05) is 0 Å². The van der Waals surface area contributed by atoms with Crippen molar-refractivity contribution in [3.8, 4) is 0 Å². The molecule has 12 heteroatoms.